The van der Waals surface area contributed by atoms with Crippen molar-refractivity contribution in [1.29, 1.82) is 0 Å². The Labute approximate surface area is 202 Å². The van der Waals surface area contributed by atoms with Crippen LogP contribution in [-0.2, 0) is 10.1 Å². The van der Waals surface area contributed by atoms with Gasteiger partial charge in [-0.25, -0.2) is 0 Å². The number of nitrogens with zero attached hydrogens (tertiary/aromatic N) is 2. The van der Waals surface area contributed by atoms with Crippen LogP contribution in [0.3, 0.4) is 0 Å². The molecule has 0 fully saturated rings. The van der Waals surface area contributed by atoms with E-state index in [2.05, 4.69) is 15.5 Å². The SMILES string of the molecule is Cc1ccc(C)c(N=Nc2c(S(=O)(=O)O)cc3cc(C)cc(NC(=O)c4ccccc4)c3c2O)c1. The summed E-state index contributed by atoms with van der Waals surface area (Å²) in [7, 11) is -4.76. The lowest BCUT2D eigenvalue weighted by molar-refractivity contribution is 0.102. The summed E-state index contributed by atoms with van der Waals surface area (Å²) in [5.41, 5.74) is 3.13. The maximum atomic E-state index is 12.8. The van der Waals surface area contributed by atoms with Crippen molar-refractivity contribution in [1.82, 2.24) is 0 Å². The fourth-order valence-corrected chi connectivity index (χ4v) is 4.40. The fourth-order valence-electron chi connectivity index (χ4n) is 3.74. The van der Waals surface area contributed by atoms with Gasteiger partial charge in [-0.1, -0.05) is 36.4 Å². The smallest absolute Gasteiger partial charge is 0.296 e. The number of hydrogen-bond acceptors (Lipinski definition) is 6. The van der Waals surface area contributed by atoms with Crippen LogP contribution in [0.1, 0.15) is 27.0 Å². The van der Waals surface area contributed by atoms with E-state index in [1.54, 1.807) is 55.5 Å². The zero-order valence-corrected chi connectivity index (χ0v) is 20.1. The maximum absolute atomic E-state index is 12.8. The van der Waals surface area contributed by atoms with E-state index in [4.69, 9.17) is 0 Å². The van der Waals surface area contributed by atoms with E-state index in [0.717, 1.165) is 11.1 Å². The highest BCUT2D eigenvalue weighted by molar-refractivity contribution is 7.86. The average Bonchev–Trinajstić information content (AvgIpc) is 2.80. The van der Waals surface area contributed by atoms with Crippen molar-refractivity contribution in [2.75, 3.05) is 5.32 Å². The molecule has 4 rings (SSSR count). The number of carbonyl (C=O) groups excluding carboxylic acids is 1. The van der Waals surface area contributed by atoms with E-state index in [9.17, 15) is 22.9 Å². The van der Waals surface area contributed by atoms with Gasteiger partial charge < -0.3 is 10.4 Å². The third-order valence-corrected chi connectivity index (χ3v) is 6.35. The molecule has 0 spiro atoms. The van der Waals surface area contributed by atoms with Gasteiger partial charge in [0.2, 0.25) is 0 Å². The van der Waals surface area contributed by atoms with E-state index >= 15 is 0 Å². The molecule has 0 aliphatic heterocycles. The Hall–Kier alpha value is -4.08. The number of azo groups is 1. The number of anilines is 1. The Bertz CT molecular complexity index is 1600. The van der Waals surface area contributed by atoms with Crippen molar-refractivity contribution in [3.63, 3.8) is 0 Å². The molecule has 0 aliphatic carbocycles. The van der Waals surface area contributed by atoms with Gasteiger partial charge in [0, 0.05) is 10.9 Å². The standard InChI is InChI=1S/C26H23N3O5S/c1-15-9-10-17(3)20(12-15)28-29-24-22(35(32,33)34)14-19-11-16(2)13-21(23(19)25(24)30)27-26(31)18-7-5-4-6-8-18/h4-14,30H,1-3H3,(H,27,31)(H,32,33,34). The topological polar surface area (TPSA) is 128 Å². The van der Waals surface area contributed by atoms with Gasteiger partial charge in [0.25, 0.3) is 16.0 Å². The van der Waals surface area contributed by atoms with Gasteiger partial charge in [-0.2, -0.15) is 13.5 Å². The van der Waals surface area contributed by atoms with Gasteiger partial charge in [0.15, 0.2) is 5.75 Å². The lowest BCUT2D eigenvalue weighted by Crippen LogP contribution is -2.12. The molecule has 0 radical (unpaired) electrons. The predicted octanol–water partition coefficient (Wildman–Crippen LogP) is 6.39. The molecule has 0 saturated carbocycles. The second-order valence-corrected chi connectivity index (χ2v) is 9.66. The monoisotopic (exact) mass is 489 g/mol. The average molecular weight is 490 g/mol. The minimum absolute atomic E-state index is 0.169. The Kier molecular flexibility index (Phi) is 6.38. The molecule has 0 atom stereocenters. The quantitative estimate of drug-likeness (QED) is 0.221. The molecule has 0 bridgehead atoms. The van der Waals surface area contributed by atoms with Crippen molar-refractivity contribution < 1.29 is 22.9 Å². The largest absolute Gasteiger partial charge is 0.505 e. The second kappa shape index (κ2) is 9.28. The number of aromatic hydroxyl groups is 1. The Balaban J connectivity index is 1.93. The van der Waals surface area contributed by atoms with Crippen LogP contribution in [0.5, 0.6) is 5.75 Å². The second-order valence-electron chi connectivity index (χ2n) is 8.27. The Morgan fingerprint density at radius 1 is 0.886 bits per heavy atom. The number of phenols is 1. The number of nitrogens with one attached hydrogen (secondary N) is 1. The Morgan fingerprint density at radius 2 is 1.60 bits per heavy atom. The molecule has 0 heterocycles. The molecule has 3 N–H and O–H groups in total. The molecule has 178 valence electrons. The van der Waals surface area contributed by atoms with Crippen molar-refractivity contribution in [2.45, 2.75) is 25.7 Å². The number of hydrogen-bond donors (Lipinski definition) is 3. The van der Waals surface area contributed by atoms with Crippen LogP contribution >= 0.6 is 0 Å². The van der Waals surface area contributed by atoms with Crippen molar-refractivity contribution in [3.05, 3.63) is 89.0 Å². The summed E-state index contributed by atoms with van der Waals surface area (Å²) < 4.78 is 34.2. The molecule has 4 aromatic rings. The van der Waals surface area contributed by atoms with E-state index in [0.29, 0.717) is 22.2 Å². The molecular weight excluding hydrogens is 466 g/mol. The molecule has 9 heteroatoms. The number of phenolic OH excluding ortho intramolecular Hbond substituents is 1. The van der Waals surface area contributed by atoms with Crippen LogP contribution in [0.15, 0.2) is 81.9 Å². The third kappa shape index (κ3) is 5.06. The first-order chi connectivity index (χ1) is 16.5. The van der Waals surface area contributed by atoms with Crippen LogP contribution < -0.4 is 5.32 Å². The Morgan fingerprint density at radius 3 is 2.29 bits per heavy atom. The van der Waals surface area contributed by atoms with Crippen LogP contribution in [0.4, 0.5) is 17.1 Å². The molecule has 0 aromatic heterocycles. The molecule has 8 nitrogen and oxygen atoms in total. The van der Waals surface area contributed by atoms with E-state index in [1.165, 1.54) is 6.07 Å². The first kappa shape index (κ1) is 24.1. The molecule has 0 unspecified atom stereocenters. The first-order valence-corrected chi connectivity index (χ1v) is 12.1. The molecule has 4 aromatic carbocycles. The highest BCUT2D eigenvalue weighted by Crippen LogP contribution is 2.45. The van der Waals surface area contributed by atoms with Gasteiger partial charge >= 0.3 is 0 Å². The van der Waals surface area contributed by atoms with E-state index < -0.39 is 32.4 Å². The lowest BCUT2D eigenvalue weighted by atomic mass is 10.0. The number of fused-ring (bicyclic) bond motifs is 1. The van der Waals surface area contributed by atoms with E-state index in [-0.39, 0.29) is 11.1 Å². The number of aryl methyl sites for hydroxylation is 3. The zero-order chi connectivity index (χ0) is 25.3. The van der Waals surface area contributed by atoms with Crippen LogP contribution in [-0.4, -0.2) is 24.0 Å². The van der Waals surface area contributed by atoms with Crippen molar-refractivity contribution in [2.24, 2.45) is 10.2 Å². The lowest BCUT2D eigenvalue weighted by Gasteiger charge is -2.15. The minimum atomic E-state index is -4.76. The van der Waals surface area contributed by atoms with E-state index in [1.807, 2.05) is 26.0 Å². The summed E-state index contributed by atoms with van der Waals surface area (Å²) in [5.74, 6) is -0.943. The van der Waals surface area contributed by atoms with Crippen LogP contribution in [0, 0.1) is 20.8 Å². The number of rotatable bonds is 5. The zero-order valence-electron chi connectivity index (χ0n) is 19.3. The summed E-state index contributed by atoms with van der Waals surface area (Å²) in [5, 5.41) is 22.6. The summed E-state index contributed by atoms with van der Waals surface area (Å²) in [6.45, 7) is 5.45. The molecule has 35 heavy (non-hydrogen) atoms. The summed E-state index contributed by atoms with van der Waals surface area (Å²) in [6.07, 6.45) is 0. The highest BCUT2D eigenvalue weighted by atomic mass is 32.2. The fraction of sp³-hybridized carbons (Fsp3) is 0.115. The normalized spacial score (nSPS) is 11.8. The number of carbonyl (C=O) groups is 1. The highest BCUT2D eigenvalue weighted by Gasteiger charge is 2.24. The molecular formula is C26H23N3O5S. The first-order valence-electron chi connectivity index (χ1n) is 10.7. The summed E-state index contributed by atoms with van der Waals surface area (Å²) in [4.78, 5) is 12.2. The number of benzene rings is 4. The maximum Gasteiger partial charge on any atom is 0.296 e. The molecule has 0 aliphatic rings. The molecule has 0 saturated heterocycles. The predicted molar refractivity (Wildman–Crippen MR) is 135 cm³/mol. The summed E-state index contributed by atoms with van der Waals surface area (Å²) >= 11 is 0. The van der Waals surface area contributed by atoms with Crippen molar-refractivity contribution in [3.8, 4) is 5.75 Å². The number of amides is 1. The summed E-state index contributed by atoms with van der Waals surface area (Å²) in [6, 6.07) is 18.5. The van der Waals surface area contributed by atoms with Crippen LogP contribution in [0.25, 0.3) is 10.8 Å². The van der Waals surface area contributed by atoms with Crippen molar-refractivity contribution >= 4 is 43.9 Å². The van der Waals surface area contributed by atoms with Gasteiger partial charge in [-0.05, 0) is 73.2 Å². The van der Waals surface area contributed by atoms with Crippen LogP contribution in [0.2, 0.25) is 0 Å². The minimum Gasteiger partial charge on any atom is -0.505 e. The molecule has 1 amide bonds. The van der Waals surface area contributed by atoms with Gasteiger partial charge in [0.05, 0.1) is 11.4 Å². The van der Waals surface area contributed by atoms with Gasteiger partial charge in [-0.15, -0.1) is 5.11 Å². The van der Waals surface area contributed by atoms with Gasteiger partial charge in [0.1, 0.15) is 10.6 Å². The third-order valence-electron chi connectivity index (χ3n) is 5.48. The van der Waals surface area contributed by atoms with Gasteiger partial charge in [-0.3, -0.25) is 9.35 Å².